The van der Waals surface area contributed by atoms with Crippen molar-refractivity contribution in [1.29, 1.82) is 0 Å². The molecule has 1 nitrogen and oxygen atoms in total. The second kappa shape index (κ2) is 4.26. The van der Waals surface area contributed by atoms with Crippen molar-refractivity contribution in [3.63, 3.8) is 0 Å². The van der Waals surface area contributed by atoms with Gasteiger partial charge in [0.15, 0.2) is 0 Å². The zero-order valence-electron chi connectivity index (χ0n) is 8.84. The highest BCUT2D eigenvalue weighted by Gasteiger charge is 2.16. The van der Waals surface area contributed by atoms with Crippen LogP contribution in [0.3, 0.4) is 0 Å². The van der Waals surface area contributed by atoms with Gasteiger partial charge in [0.25, 0.3) is 0 Å². The zero-order valence-corrected chi connectivity index (χ0v) is 9.66. The van der Waals surface area contributed by atoms with E-state index in [1.165, 1.54) is 28.3 Å². The first-order valence-corrected chi connectivity index (χ1v) is 6.34. The first-order valence-electron chi connectivity index (χ1n) is 5.35. The molecule has 0 fully saturated rings. The molecule has 1 aliphatic heterocycles. The molecule has 0 radical (unpaired) electrons. The van der Waals surface area contributed by atoms with E-state index in [4.69, 9.17) is 0 Å². The summed E-state index contributed by atoms with van der Waals surface area (Å²) < 4.78 is 0. The molecule has 1 aromatic carbocycles. The fourth-order valence-corrected chi connectivity index (χ4v) is 2.91. The lowest BCUT2D eigenvalue weighted by molar-refractivity contribution is 0.764. The first kappa shape index (κ1) is 9.91. The average molecular weight is 207 g/mol. The predicted octanol–water partition coefficient (Wildman–Crippen LogP) is 3.55. The highest BCUT2D eigenvalue weighted by molar-refractivity contribution is 7.99. The SMILES string of the molecule is CCc1ccc2c(c1)SCC(CC)N2. The van der Waals surface area contributed by atoms with Crippen molar-refractivity contribution in [1.82, 2.24) is 0 Å². The van der Waals surface area contributed by atoms with Crippen LogP contribution in [0, 0.1) is 0 Å². The van der Waals surface area contributed by atoms with Crippen molar-refractivity contribution in [2.75, 3.05) is 11.1 Å². The fraction of sp³-hybridized carbons (Fsp3) is 0.500. The fourth-order valence-electron chi connectivity index (χ4n) is 1.70. The molecule has 0 aromatic heterocycles. The van der Waals surface area contributed by atoms with Crippen LogP contribution in [0.2, 0.25) is 0 Å². The molecule has 2 heteroatoms. The minimum Gasteiger partial charge on any atom is -0.381 e. The van der Waals surface area contributed by atoms with Gasteiger partial charge in [0.1, 0.15) is 0 Å². The van der Waals surface area contributed by atoms with Crippen LogP contribution in [0.25, 0.3) is 0 Å². The van der Waals surface area contributed by atoms with E-state index in [9.17, 15) is 0 Å². The molecule has 1 aliphatic rings. The molecule has 0 spiro atoms. The first-order chi connectivity index (χ1) is 6.83. The standard InChI is InChI=1S/C12H17NS/c1-3-9-5-6-11-12(7-9)14-8-10(4-2)13-11/h5-7,10,13H,3-4,8H2,1-2H3. The molecule has 14 heavy (non-hydrogen) atoms. The van der Waals surface area contributed by atoms with Crippen LogP contribution in [0.5, 0.6) is 0 Å². The molecular formula is C12H17NS. The second-order valence-corrected chi connectivity index (χ2v) is 4.81. The van der Waals surface area contributed by atoms with E-state index < -0.39 is 0 Å². The molecule has 1 aromatic rings. The Bertz CT molecular complexity index is 322. The largest absolute Gasteiger partial charge is 0.381 e. The summed E-state index contributed by atoms with van der Waals surface area (Å²) in [6, 6.07) is 7.42. The molecule has 76 valence electrons. The van der Waals surface area contributed by atoms with E-state index in [2.05, 4.69) is 37.4 Å². The summed E-state index contributed by atoms with van der Waals surface area (Å²) >= 11 is 1.99. The van der Waals surface area contributed by atoms with Gasteiger partial charge in [-0.1, -0.05) is 19.9 Å². The van der Waals surface area contributed by atoms with Crippen molar-refractivity contribution < 1.29 is 0 Å². The summed E-state index contributed by atoms with van der Waals surface area (Å²) in [5, 5.41) is 3.58. The van der Waals surface area contributed by atoms with Gasteiger partial charge < -0.3 is 5.32 Å². The zero-order chi connectivity index (χ0) is 9.97. The molecule has 2 rings (SSSR count). The highest BCUT2D eigenvalue weighted by Crippen LogP contribution is 2.34. The number of fused-ring (bicyclic) bond motifs is 1. The highest BCUT2D eigenvalue weighted by atomic mass is 32.2. The van der Waals surface area contributed by atoms with Gasteiger partial charge in [-0.15, -0.1) is 11.8 Å². The molecule has 0 amide bonds. The van der Waals surface area contributed by atoms with Crippen LogP contribution in [0.4, 0.5) is 5.69 Å². The summed E-state index contributed by atoms with van der Waals surface area (Å²) in [5.74, 6) is 1.21. The minimum absolute atomic E-state index is 0.653. The molecule has 1 atom stereocenters. The summed E-state index contributed by atoms with van der Waals surface area (Å²) in [5.41, 5.74) is 2.76. The maximum absolute atomic E-state index is 3.58. The van der Waals surface area contributed by atoms with Crippen LogP contribution in [-0.2, 0) is 6.42 Å². The number of hydrogen-bond donors (Lipinski definition) is 1. The second-order valence-electron chi connectivity index (χ2n) is 3.74. The third-order valence-corrected chi connectivity index (χ3v) is 3.96. The van der Waals surface area contributed by atoms with E-state index >= 15 is 0 Å². The number of thioether (sulfide) groups is 1. The van der Waals surface area contributed by atoms with Crippen LogP contribution in [0.1, 0.15) is 25.8 Å². The lowest BCUT2D eigenvalue weighted by Crippen LogP contribution is -2.24. The Morgan fingerprint density at radius 1 is 1.43 bits per heavy atom. The lowest BCUT2D eigenvalue weighted by Gasteiger charge is -2.25. The Hall–Kier alpha value is -0.630. The van der Waals surface area contributed by atoms with E-state index in [-0.39, 0.29) is 0 Å². The maximum Gasteiger partial charge on any atom is 0.0480 e. The summed E-state index contributed by atoms with van der Waals surface area (Å²) in [6.07, 6.45) is 2.34. The smallest absolute Gasteiger partial charge is 0.0480 e. The number of benzene rings is 1. The predicted molar refractivity (Wildman–Crippen MR) is 64.2 cm³/mol. The van der Waals surface area contributed by atoms with Gasteiger partial charge in [0.2, 0.25) is 0 Å². The number of anilines is 1. The average Bonchev–Trinajstić information content (AvgIpc) is 2.27. The number of hydrogen-bond acceptors (Lipinski definition) is 2. The maximum atomic E-state index is 3.58. The number of nitrogens with one attached hydrogen (secondary N) is 1. The number of rotatable bonds is 2. The number of aryl methyl sites for hydroxylation is 1. The van der Waals surface area contributed by atoms with Crippen LogP contribution in [-0.4, -0.2) is 11.8 Å². The van der Waals surface area contributed by atoms with Crippen molar-refractivity contribution in [3.05, 3.63) is 23.8 Å². The normalized spacial score (nSPS) is 20.0. The molecule has 0 saturated carbocycles. The summed E-state index contributed by atoms with van der Waals surface area (Å²) in [7, 11) is 0. The van der Waals surface area contributed by atoms with Crippen LogP contribution < -0.4 is 5.32 Å². The third-order valence-electron chi connectivity index (χ3n) is 2.75. The van der Waals surface area contributed by atoms with Crippen LogP contribution >= 0.6 is 11.8 Å². The van der Waals surface area contributed by atoms with Crippen LogP contribution in [0.15, 0.2) is 23.1 Å². The Balaban J connectivity index is 2.23. The van der Waals surface area contributed by atoms with Crippen molar-refractivity contribution in [2.45, 2.75) is 37.6 Å². The van der Waals surface area contributed by atoms with Gasteiger partial charge >= 0.3 is 0 Å². The van der Waals surface area contributed by atoms with Gasteiger partial charge in [-0.25, -0.2) is 0 Å². The molecule has 0 saturated heterocycles. The van der Waals surface area contributed by atoms with Crippen molar-refractivity contribution in [3.8, 4) is 0 Å². The van der Waals surface area contributed by atoms with Gasteiger partial charge in [0.05, 0.1) is 0 Å². The monoisotopic (exact) mass is 207 g/mol. The summed E-state index contributed by atoms with van der Waals surface area (Å²) in [4.78, 5) is 1.43. The van der Waals surface area contributed by atoms with E-state index in [0.717, 1.165) is 6.42 Å². The Kier molecular flexibility index (Phi) is 3.02. The van der Waals surface area contributed by atoms with E-state index in [1.54, 1.807) is 0 Å². The molecule has 1 heterocycles. The van der Waals surface area contributed by atoms with E-state index in [1.807, 2.05) is 11.8 Å². The van der Waals surface area contributed by atoms with E-state index in [0.29, 0.717) is 6.04 Å². The lowest BCUT2D eigenvalue weighted by atomic mass is 10.1. The molecule has 1 unspecified atom stereocenters. The third kappa shape index (κ3) is 1.90. The Morgan fingerprint density at radius 2 is 2.29 bits per heavy atom. The molecule has 1 N–H and O–H groups in total. The van der Waals surface area contributed by atoms with Gasteiger partial charge in [0, 0.05) is 22.4 Å². The topological polar surface area (TPSA) is 12.0 Å². The minimum atomic E-state index is 0.653. The molecule has 0 bridgehead atoms. The molecule has 0 aliphatic carbocycles. The van der Waals surface area contributed by atoms with Crippen molar-refractivity contribution in [2.24, 2.45) is 0 Å². The van der Waals surface area contributed by atoms with Gasteiger partial charge in [-0.2, -0.15) is 0 Å². The van der Waals surface area contributed by atoms with Gasteiger partial charge in [-0.3, -0.25) is 0 Å². The Morgan fingerprint density at radius 3 is 3.00 bits per heavy atom. The quantitative estimate of drug-likeness (QED) is 0.796. The van der Waals surface area contributed by atoms with Crippen molar-refractivity contribution >= 4 is 17.4 Å². The van der Waals surface area contributed by atoms with Gasteiger partial charge in [-0.05, 0) is 30.5 Å². The Labute approximate surface area is 90.3 Å². The summed E-state index contributed by atoms with van der Waals surface area (Å²) in [6.45, 7) is 4.45. The molecular weight excluding hydrogens is 190 g/mol.